The monoisotopic (exact) mass is 300 g/mol. The van der Waals surface area contributed by atoms with Gasteiger partial charge in [0.25, 0.3) is 0 Å². The van der Waals surface area contributed by atoms with E-state index in [9.17, 15) is 18.8 Å². The summed E-state index contributed by atoms with van der Waals surface area (Å²) in [5, 5.41) is 0. The van der Waals surface area contributed by atoms with Crippen molar-refractivity contribution in [3.8, 4) is 0 Å². The number of hydrogen-bond acceptors (Lipinski definition) is 6. The Kier molecular flexibility index (Phi) is 3.18. The molecule has 1 aliphatic heterocycles. The Bertz CT molecular complexity index is 496. The van der Waals surface area contributed by atoms with Gasteiger partial charge in [0.15, 0.2) is 6.61 Å². The largest absolute Gasteiger partial charge is 0.458 e. The predicted molar refractivity (Wildman–Crippen MR) is 65.6 cm³/mol. The maximum absolute atomic E-state index is 13.2. The number of alkyl halides is 1. The number of carbonyl (C=O) groups is 3. The third-order valence-corrected chi connectivity index (χ3v) is 4.49. The summed E-state index contributed by atoms with van der Waals surface area (Å²) in [7, 11) is 0. The molecule has 0 aromatic rings. The van der Waals surface area contributed by atoms with Crippen LogP contribution in [0.25, 0.3) is 0 Å². The van der Waals surface area contributed by atoms with Gasteiger partial charge in [0.2, 0.25) is 5.67 Å². The van der Waals surface area contributed by atoms with Crippen LogP contribution in [0.5, 0.6) is 0 Å². The minimum atomic E-state index is -2.15. The lowest BCUT2D eigenvalue weighted by molar-refractivity contribution is -0.173. The third kappa shape index (κ3) is 2.38. The van der Waals surface area contributed by atoms with E-state index in [1.54, 1.807) is 0 Å². The highest BCUT2D eigenvalue weighted by Crippen LogP contribution is 2.55. The van der Waals surface area contributed by atoms with Gasteiger partial charge in [0, 0.05) is 11.8 Å². The molecule has 5 atom stereocenters. The highest BCUT2D eigenvalue weighted by atomic mass is 19.1. The minimum Gasteiger partial charge on any atom is -0.458 e. The molecule has 0 spiro atoms. The molecule has 0 amide bonds. The van der Waals surface area contributed by atoms with E-state index in [4.69, 9.17) is 9.47 Å². The van der Waals surface area contributed by atoms with Crippen molar-refractivity contribution >= 4 is 17.9 Å². The lowest BCUT2D eigenvalue weighted by Crippen LogP contribution is -2.38. The summed E-state index contributed by atoms with van der Waals surface area (Å²) in [5.41, 5.74) is -2.15. The molecule has 3 aliphatic rings. The van der Waals surface area contributed by atoms with E-state index in [-0.39, 0.29) is 29.8 Å². The van der Waals surface area contributed by atoms with Crippen molar-refractivity contribution in [2.24, 2.45) is 17.8 Å². The molecule has 1 heterocycles. The third-order valence-electron chi connectivity index (χ3n) is 4.49. The summed E-state index contributed by atoms with van der Waals surface area (Å²) < 4.78 is 28.3. The van der Waals surface area contributed by atoms with Crippen LogP contribution in [0.1, 0.15) is 26.7 Å². The van der Waals surface area contributed by atoms with Crippen LogP contribution in [0.3, 0.4) is 0 Å². The Labute approximate surface area is 120 Å². The zero-order valence-corrected chi connectivity index (χ0v) is 11.8. The van der Waals surface area contributed by atoms with Crippen LogP contribution in [-0.4, -0.2) is 42.4 Å². The fourth-order valence-electron chi connectivity index (χ4n) is 3.55. The molecule has 1 saturated heterocycles. The molecule has 116 valence electrons. The standard InChI is InChI=1S/C14H17FO6/c1-14(2,15)13(18)19-5-9(16)20-10-6-3-7-8(4-6)12(17)21-11(7)10/h6-8,10-11H,3-5H2,1-2H3. The van der Waals surface area contributed by atoms with Gasteiger partial charge in [-0.25, -0.2) is 14.0 Å². The molecule has 0 radical (unpaired) electrons. The number of rotatable bonds is 4. The smallest absolute Gasteiger partial charge is 0.344 e. The minimum absolute atomic E-state index is 0.0554. The van der Waals surface area contributed by atoms with Gasteiger partial charge < -0.3 is 14.2 Å². The van der Waals surface area contributed by atoms with E-state index in [2.05, 4.69) is 4.74 Å². The number of esters is 3. The second kappa shape index (κ2) is 4.68. The van der Waals surface area contributed by atoms with E-state index >= 15 is 0 Å². The SMILES string of the molecule is CC(C)(F)C(=O)OCC(=O)OC1C2CC3C(=O)OC1C3C2. The number of fused-ring (bicyclic) bond motifs is 1. The van der Waals surface area contributed by atoms with Gasteiger partial charge >= 0.3 is 17.9 Å². The lowest BCUT2D eigenvalue weighted by Gasteiger charge is -2.25. The van der Waals surface area contributed by atoms with Crippen LogP contribution < -0.4 is 0 Å². The van der Waals surface area contributed by atoms with Crippen molar-refractivity contribution in [2.75, 3.05) is 6.61 Å². The first-order valence-corrected chi connectivity index (χ1v) is 7.03. The molecular formula is C14H17FO6. The van der Waals surface area contributed by atoms with Gasteiger partial charge in [-0.3, -0.25) is 4.79 Å². The van der Waals surface area contributed by atoms with Gasteiger partial charge in [-0.1, -0.05) is 0 Å². The van der Waals surface area contributed by atoms with E-state index in [1.165, 1.54) is 0 Å². The summed E-state index contributed by atoms with van der Waals surface area (Å²) in [6.07, 6.45) is 0.645. The Morgan fingerprint density at radius 3 is 2.76 bits per heavy atom. The first kappa shape index (κ1) is 14.3. The van der Waals surface area contributed by atoms with Gasteiger partial charge in [-0.2, -0.15) is 0 Å². The molecule has 3 rings (SSSR count). The molecule has 2 saturated carbocycles. The van der Waals surface area contributed by atoms with Crippen molar-refractivity contribution in [1.82, 2.24) is 0 Å². The Morgan fingerprint density at radius 2 is 2.10 bits per heavy atom. The zero-order chi connectivity index (χ0) is 15.4. The zero-order valence-electron chi connectivity index (χ0n) is 11.8. The Morgan fingerprint density at radius 1 is 1.38 bits per heavy atom. The average Bonchev–Trinajstić information content (AvgIpc) is 2.99. The van der Waals surface area contributed by atoms with Gasteiger partial charge in [-0.05, 0) is 26.7 Å². The fraction of sp³-hybridized carbons (Fsp3) is 0.786. The molecule has 3 fully saturated rings. The number of hydrogen-bond donors (Lipinski definition) is 0. The van der Waals surface area contributed by atoms with Crippen molar-refractivity contribution in [3.63, 3.8) is 0 Å². The van der Waals surface area contributed by atoms with Crippen LogP contribution >= 0.6 is 0 Å². The van der Waals surface area contributed by atoms with E-state index in [0.29, 0.717) is 6.42 Å². The molecule has 0 aromatic carbocycles. The van der Waals surface area contributed by atoms with E-state index in [1.807, 2.05) is 0 Å². The fourth-order valence-corrected chi connectivity index (χ4v) is 3.55. The molecule has 2 aliphatic carbocycles. The molecule has 0 aromatic heterocycles. The van der Waals surface area contributed by atoms with Crippen LogP contribution in [0.15, 0.2) is 0 Å². The average molecular weight is 300 g/mol. The van der Waals surface area contributed by atoms with E-state index in [0.717, 1.165) is 20.3 Å². The van der Waals surface area contributed by atoms with Crippen LogP contribution in [0.2, 0.25) is 0 Å². The van der Waals surface area contributed by atoms with Gasteiger partial charge in [0.1, 0.15) is 12.2 Å². The van der Waals surface area contributed by atoms with Crippen molar-refractivity contribution in [3.05, 3.63) is 0 Å². The van der Waals surface area contributed by atoms with Crippen LogP contribution in [0, 0.1) is 17.8 Å². The normalized spacial score (nSPS) is 36.5. The summed E-state index contributed by atoms with van der Waals surface area (Å²) in [6, 6.07) is 0. The Balaban J connectivity index is 1.53. The number of carbonyl (C=O) groups excluding carboxylic acids is 3. The first-order valence-electron chi connectivity index (χ1n) is 7.03. The lowest BCUT2D eigenvalue weighted by atomic mass is 9.88. The number of ether oxygens (including phenoxy) is 3. The Hall–Kier alpha value is -1.66. The van der Waals surface area contributed by atoms with Crippen LogP contribution in [-0.2, 0) is 28.6 Å². The van der Waals surface area contributed by atoms with E-state index < -0.39 is 30.3 Å². The molecule has 5 unspecified atom stereocenters. The topological polar surface area (TPSA) is 78.9 Å². The quantitative estimate of drug-likeness (QED) is 0.563. The summed E-state index contributed by atoms with van der Waals surface area (Å²) >= 11 is 0. The molecule has 6 nitrogen and oxygen atoms in total. The maximum Gasteiger partial charge on any atom is 0.344 e. The summed E-state index contributed by atoms with van der Waals surface area (Å²) in [4.78, 5) is 34.5. The molecular weight excluding hydrogens is 283 g/mol. The summed E-state index contributed by atoms with van der Waals surface area (Å²) in [6.45, 7) is 1.47. The first-order chi connectivity index (χ1) is 9.77. The maximum atomic E-state index is 13.2. The van der Waals surface area contributed by atoms with Crippen molar-refractivity contribution < 1.29 is 33.0 Å². The highest BCUT2D eigenvalue weighted by molar-refractivity contribution is 5.81. The van der Waals surface area contributed by atoms with Crippen molar-refractivity contribution in [1.29, 1.82) is 0 Å². The van der Waals surface area contributed by atoms with Gasteiger partial charge in [0.05, 0.1) is 5.92 Å². The molecule has 2 bridgehead atoms. The molecule has 21 heavy (non-hydrogen) atoms. The summed E-state index contributed by atoms with van der Waals surface area (Å²) in [5.74, 6) is -1.87. The second-order valence-corrected chi connectivity index (χ2v) is 6.41. The van der Waals surface area contributed by atoms with Crippen molar-refractivity contribution in [2.45, 2.75) is 44.6 Å². The molecule has 0 N–H and O–H groups in total. The molecule has 7 heteroatoms. The second-order valence-electron chi connectivity index (χ2n) is 6.41. The highest BCUT2D eigenvalue weighted by Gasteiger charge is 2.63. The predicted octanol–water partition coefficient (Wildman–Crippen LogP) is 0.771. The van der Waals surface area contributed by atoms with Gasteiger partial charge in [-0.15, -0.1) is 0 Å². The number of halogens is 1. The van der Waals surface area contributed by atoms with Crippen LogP contribution in [0.4, 0.5) is 4.39 Å².